The molecule has 116 valence electrons. The molecule has 0 bridgehead atoms. The van der Waals surface area contributed by atoms with E-state index in [1.165, 1.54) is 17.5 Å². The Kier molecular flexibility index (Phi) is 5.39. The van der Waals surface area contributed by atoms with Gasteiger partial charge in [-0.05, 0) is 25.6 Å². The van der Waals surface area contributed by atoms with Gasteiger partial charge in [0, 0.05) is 17.0 Å². The van der Waals surface area contributed by atoms with Crippen LogP contribution in [0.25, 0.3) is 0 Å². The Morgan fingerprint density at radius 1 is 1.48 bits per heavy atom. The zero-order valence-electron chi connectivity index (χ0n) is 11.7. The van der Waals surface area contributed by atoms with Crippen molar-refractivity contribution in [2.75, 3.05) is 6.54 Å². The molecule has 2 heterocycles. The zero-order chi connectivity index (χ0) is 15.5. The van der Waals surface area contributed by atoms with E-state index in [1.807, 2.05) is 13.0 Å². The monoisotopic (exact) mass is 348 g/mol. The van der Waals surface area contributed by atoms with E-state index in [-0.39, 0.29) is 11.1 Å². The minimum Gasteiger partial charge on any atom is -0.313 e. The van der Waals surface area contributed by atoms with Crippen molar-refractivity contribution < 1.29 is 8.42 Å². The SMILES string of the molecule is CCNCc1cn[nH]c1S(=O)(=O)NC(C)c1ccc(Cl)s1. The van der Waals surface area contributed by atoms with Crippen molar-refractivity contribution in [1.82, 2.24) is 20.2 Å². The van der Waals surface area contributed by atoms with Crippen LogP contribution in [0.5, 0.6) is 0 Å². The lowest BCUT2D eigenvalue weighted by Crippen LogP contribution is -2.28. The maximum Gasteiger partial charge on any atom is 0.258 e. The molecule has 0 radical (unpaired) electrons. The lowest BCUT2D eigenvalue weighted by Gasteiger charge is -2.12. The second-order valence-corrected chi connectivity index (χ2v) is 7.89. The zero-order valence-corrected chi connectivity index (χ0v) is 14.1. The quantitative estimate of drug-likeness (QED) is 0.716. The van der Waals surface area contributed by atoms with Crippen molar-refractivity contribution >= 4 is 33.0 Å². The second-order valence-electron chi connectivity index (χ2n) is 4.49. The number of aromatic amines is 1. The topological polar surface area (TPSA) is 86.9 Å². The third-order valence-corrected chi connectivity index (χ3v) is 5.83. The van der Waals surface area contributed by atoms with E-state index in [0.29, 0.717) is 16.4 Å². The molecule has 0 aliphatic rings. The molecular weight excluding hydrogens is 332 g/mol. The van der Waals surface area contributed by atoms with E-state index in [9.17, 15) is 8.42 Å². The van der Waals surface area contributed by atoms with Crippen LogP contribution in [0, 0.1) is 0 Å². The highest BCUT2D eigenvalue weighted by molar-refractivity contribution is 7.89. The number of nitrogens with one attached hydrogen (secondary N) is 3. The van der Waals surface area contributed by atoms with Crippen LogP contribution in [0.3, 0.4) is 0 Å². The predicted molar refractivity (Wildman–Crippen MR) is 84.0 cm³/mol. The first kappa shape index (κ1) is 16.4. The van der Waals surface area contributed by atoms with Crippen LogP contribution in [0.15, 0.2) is 23.4 Å². The molecular formula is C12H17ClN4O2S2. The van der Waals surface area contributed by atoms with Crippen molar-refractivity contribution in [2.45, 2.75) is 31.5 Å². The highest BCUT2D eigenvalue weighted by Gasteiger charge is 2.23. The van der Waals surface area contributed by atoms with E-state index in [4.69, 9.17) is 11.6 Å². The Morgan fingerprint density at radius 2 is 2.24 bits per heavy atom. The van der Waals surface area contributed by atoms with Gasteiger partial charge in [-0.1, -0.05) is 18.5 Å². The summed E-state index contributed by atoms with van der Waals surface area (Å²) in [6.45, 7) is 4.93. The standard InChI is InChI=1S/C12H17ClN4O2S2/c1-3-14-6-9-7-15-16-12(9)21(18,19)17-8(2)10-4-5-11(13)20-10/h4-5,7-8,14,17H,3,6H2,1-2H3,(H,15,16). The Balaban J connectivity index is 2.16. The van der Waals surface area contributed by atoms with E-state index < -0.39 is 10.0 Å². The molecule has 3 N–H and O–H groups in total. The summed E-state index contributed by atoms with van der Waals surface area (Å²) in [5.74, 6) is 0. The summed E-state index contributed by atoms with van der Waals surface area (Å²) in [5.41, 5.74) is 0.612. The van der Waals surface area contributed by atoms with Gasteiger partial charge in [0.1, 0.15) is 0 Å². The maximum absolute atomic E-state index is 12.4. The molecule has 9 heteroatoms. The third kappa shape index (κ3) is 4.04. The molecule has 0 fully saturated rings. The number of nitrogens with zero attached hydrogens (tertiary/aromatic N) is 1. The van der Waals surface area contributed by atoms with Crippen molar-refractivity contribution in [3.05, 3.63) is 33.1 Å². The minimum atomic E-state index is -3.66. The van der Waals surface area contributed by atoms with Gasteiger partial charge in [-0.3, -0.25) is 5.10 Å². The van der Waals surface area contributed by atoms with Crippen molar-refractivity contribution in [3.8, 4) is 0 Å². The summed E-state index contributed by atoms with van der Waals surface area (Å²) < 4.78 is 28.1. The van der Waals surface area contributed by atoms with Crippen LogP contribution < -0.4 is 10.0 Å². The van der Waals surface area contributed by atoms with Crippen molar-refractivity contribution in [3.63, 3.8) is 0 Å². The summed E-state index contributed by atoms with van der Waals surface area (Å²) in [6.07, 6.45) is 1.52. The number of halogens is 1. The summed E-state index contributed by atoms with van der Waals surface area (Å²) in [7, 11) is -3.66. The lowest BCUT2D eigenvalue weighted by atomic mass is 10.3. The summed E-state index contributed by atoms with van der Waals surface area (Å²) in [5, 5.41) is 9.56. The summed E-state index contributed by atoms with van der Waals surface area (Å²) >= 11 is 7.23. The smallest absolute Gasteiger partial charge is 0.258 e. The highest BCUT2D eigenvalue weighted by Crippen LogP contribution is 2.27. The summed E-state index contributed by atoms with van der Waals surface area (Å²) in [6, 6.07) is 3.20. The van der Waals surface area contributed by atoms with Crippen LogP contribution in [-0.4, -0.2) is 25.2 Å². The van der Waals surface area contributed by atoms with E-state index >= 15 is 0 Å². The Morgan fingerprint density at radius 3 is 2.86 bits per heavy atom. The Hall–Kier alpha value is -0.930. The van der Waals surface area contributed by atoms with Gasteiger partial charge in [-0.2, -0.15) is 5.10 Å². The summed E-state index contributed by atoms with van der Waals surface area (Å²) in [4.78, 5) is 0.858. The average Bonchev–Trinajstić information content (AvgIpc) is 3.04. The average molecular weight is 349 g/mol. The maximum atomic E-state index is 12.4. The fourth-order valence-electron chi connectivity index (χ4n) is 1.83. The third-order valence-electron chi connectivity index (χ3n) is 2.87. The fraction of sp³-hybridized carbons (Fsp3) is 0.417. The molecule has 21 heavy (non-hydrogen) atoms. The van der Waals surface area contributed by atoms with Gasteiger partial charge < -0.3 is 5.32 Å². The number of aromatic nitrogens is 2. The van der Waals surface area contributed by atoms with Crippen molar-refractivity contribution in [2.24, 2.45) is 0 Å². The van der Waals surface area contributed by atoms with Gasteiger partial charge in [0.05, 0.1) is 16.6 Å². The molecule has 0 spiro atoms. The van der Waals surface area contributed by atoms with Gasteiger partial charge in [0.25, 0.3) is 10.0 Å². The first-order valence-corrected chi connectivity index (χ1v) is 9.12. The van der Waals surface area contributed by atoms with E-state index in [2.05, 4.69) is 20.2 Å². The molecule has 2 aromatic heterocycles. The van der Waals surface area contributed by atoms with Crippen LogP contribution in [0.1, 0.15) is 30.3 Å². The van der Waals surface area contributed by atoms with Gasteiger partial charge in [-0.15, -0.1) is 11.3 Å². The lowest BCUT2D eigenvalue weighted by molar-refractivity contribution is 0.561. The largest absolute Gasteiger partial charge is 0.313 e. The Labute approximate surface area is 133 Å². The molecule has 2 aromatic rings. The predicted octanol–water partition coefficient (Wildman–Crippen LogP) is 2.27. The molecule has 0 aromatic carbocycles. The van der Waals surface area contributed by atoms with Crippen LogP contribution in [-0.2, 0) is 16.6 Å². The van der Waals surface area contributed by atoms with Gasteiger partial charge in [0.15, 0.2) is 5.03 Å². The van der Waals surface area contributed by atoms with Crippen LogP contribution in [0.4, 0.5) is 0 Å². The molecule has 0 aliphatic carbocycles. The van der Waals surface area contributed by atoms with Gasteiger partial charge in [-0.25, -0.2) is 13.1 Å². The van der Waals surface area contributed by atoms with Gasteiger partial charge >= 0.3 is 0 Å². The minimum absolute atomic E-state index is 0.0953. The fourth-order valence-corrected chi connectivity index (χ4v) is 4.32. The molecule has 0 aliphatic heterocycles. The number of hydrogen-bond acceptors (Lipinski definition) is 5. The molecule has 1 atom stereocenters. The van der Waals surface area contributed by atoms with Crippen LogP contribution >= 0.6 is 22.9 Å². The highest BCUT2D eigenvalue weighted by atomic mass is 35.5. The number of hydrogen-bond donors (Lipinski definition) is 3. The molecule has 0 saturated heterocycles. The van der Waals surface area contributed by atoms with Gasteiger partial charge in [0.2, 0.25) is 0 Å². The number of H-pyrrole nitrogens is 1. The van der Waals surface area contributed by atoms with E-state index in [0.717, 1.165) is 11.4 Å². The normalized spacial score (nSPS) is 13.5. The first-order valence-electron chi connectivity index (χ1n) is 6.44. The number of rotatable bonds is 7. The van der Waals surface area contributed by atoms with Crippen molar-refractivity contribution in [1.29, 1.82) is 0 Å². The number of sulfonamides is 1. The molecule has 0 saturated carbocycles. The number of thiophene rings is 1. The Bertz CT molecular complexity index is 696. The van der Waals surface area contributed by atoms with E-state index in [1.54, 1.807) is 13.0 Å². The first-order chi connectivity index (χ1) is 9.94. The van der Waals surface area contributed by atoms with Crippen LogP contribution in [0.2, 0.25) is 4.34 Å². The molecule has 0 amide bonds. The molecule has 6 nitrogen and oxygen atoms in total. The second kappa shape index (κ2) is 6.89. The molecule has 2 rings (SSSR count). The molecule has 1 unspecified atom stereocenters.